The van der Waals surface area contributed by atoms with Crippen LogP contribution in [0.4, 0.5) is 17.5 Å². The van der Waals surface area contributed by atoms with E-state index in [1.165, 1.54) is 18.4 Å². The van der Waals surface area contributed by atoms with Gasteiger partial charge in [0.25, 0.3) is 0 Å². The highest BCUT2D eigenvalue weighted by Crippen LogP contribution is 2.27. The topological polar surface area (TPSA) is 49.8 Å². The van der Waals surface area contributed by atoms with Crippen molar-refractivity contribution in [2.24, 2.45) is 0 Å². The minimum atomic E-state index is 0.473. The molecule has 1 fully saturated rings. The summed E-state index contributed by atoms with van der Waals surface area (Å²) in [4.78, 5) is 9.03. The fourth-order valence-corrected chi connectivity index (χ4v) is 2.36. The van der Waals surface area contributed by atoms with Crippen LogP contribution in [0.5, 0.6) is 0 Å². The van der Waals surface area contributed by atoms with E-state index in [4.69, 9.17) is 0 Å². The zero-order chi connectivity index (χ0) is 14.8. The van der Waals surface area contributed by atoms with E-state index in [2.05, 4.69) is 52.6 Å². The molecule has 2 aromatic rings. The maximum absolute atomic E-state index is 4.58. The first-order valence-electron chi connectivity index (χ1n) is 7.60. The molecule has 110 valence electrons. The van der Waals surface area contributed by atoms with Gasteiger partial charge in [-0.15, -0.1) is 0 Å². The van der Waals surface area contributed by atoms with E-state index in [0.29, 0.717) is 12.0 Å². The highest BCUT2D eigenvalue weighted by molar-refractivity contribution is 5.62. The molecule has 3 rings (SSSR count). The second kappa shape index (κ2) is 5.72. The maximum atomic E-state index is 4.58. The number of rotatable bonds is 5. The number of anilines is 3. The number of benzene rings is 1. The third-order valence-electron chi connectivity index (χ3n) is 3.61. The molecule has 2 N–H and O–H groups in total. The van der Waals surface area contributed by atoms with Gasteiger partial charge in [-0.25, -0.2) is 4.98 Å². The SMILES string of the molecule is Cc1cc(Nc2ccccc2C(C)C)nc(NC2CC2)n1. The van der Waals surface area contributed by atoms with E-state index in [1.807, 2.05) is 19.1 Å². The van der Waals surface area contributed by atoms with Crippen LogP contribution in [0, 0.1) is 6.92 Å². The van der Waals surface area contributed by atoms with Gasteiger partial charge in [0.05, 0.1) is 0 Å². The zero-order valence-electron chi connectivity index (χ0n) is 12.9. The van der Waals surface area contributed by atoms with Crippen molar-refractivity contribution in [2.75, 3.05) is 10.6 Å². The number of nitrogens with zero attached hydrogens (tertiary/aromatic N) is 2. The molecule has 0 bridgehead atoms. The number of aromatic nitrogens is 2. The standard InChI is InChI=1S/C17H22N4/c1-11(2)14-6-4-5-7-15(14)20-16-10-12(3)18-17(21-16)19-13-8-9-13/h4-7,10-11,13H,8-9H2,1-3H3,(H2,18,19,20,21). The average molecular weight is 282 g/mol. The monoisotopic (exact) mass is 282 g/mol. The first kappa shape index (κ1) is 13.9. The molecular formula is C17H22N4. The van der Waals surface area contributed by atoms with Crippen molar-refractivity contribution < 1.29 is 0 Å². The van der Waals surface area contributed by atoms with Gasteiger partial charge < -0.3 is 10.6 Å². The minimum absolute atomic E-state index is 0.473. The van der Waals surface area contributed by atoms with Crippen LogP contribution in [-0.4, -0.2) is 16.0 Å². The van der Waals surface area contributed by atoms with Crippen LogP contribution in [-0.2, 0) is 0 Å². The summed E-state index contributed by atoms with van der Waals surface area (Å²) in [6.07, 6.45) is 2.44. The summed E-state index contributed by atoms with van der Waals surface area (Å²) in [6.45, 7) is 6.40. The van der Waals surface area contributed by atoms with E-state index in [0.717, 1.165) is 23.1 Å². The molecule has 1 saturated carbocycles. The van der Waals surface area contributed by atoms with Crippen molar-refractivity contribution in [2.45, 2.75) is 45.6 Å². The Balaban J connectivity index is 1.85. The maximum Gasteiger partial charge on any atom is 0.225 e. The molecule has 1 heterocycles. The van der Waals surface area contributed by atoms with Crippen molar-refractivity contribution in [3.05, 3.63) is 41.6 Å². The van der Waals surface area contributed by atoms with Crippen LogP contribution in [0.3, 0.4) is 0 Å². The van der Waals surface area contributed by atoms with Gasteiger partial charge in [0.1, 0.15) is 5.82 Å². The molecule has 0 aliphatic heterocycles. The Hall–Kier alpha value is -2.10. The number of hydrogen-bond donors (Lipinski definition) is 2. The Kier molecular flexibility index (Phi) is 3.78. The Morgan fingerprint density at radius 3 is 2.62 bits per heavy atom. The third kappa shape index (κ3) is 3.51. The molecule has 0 saturated heterocycles. The molecule has 1 aromatic carbocycles. The molecule has 1 aliphatic carbocycles. The Morgan fingerprint density at radius 2 is 1.90 bits per heavy atom. The number of nitrogens with one attached hydrogen (secondary N) is 2. The van der Waals surface area contributed by atoms with E-state index >= 15 is 0 Å². The lowest BCUT2D eigenvalue weighted by molar-refractivity contribution is 0.868. The first-order valence-corrected chi connectivity index (χ1v) is 7.60. The highest BCUT2D eigenvalue weighted by atomic mass is 15.2. The summed E-state index contributed by atoms with van der Waals surface area (Å²) in [7, 11) is 0. The quantitative estimate of drug-likeness (QED) is 0.861. The summed E-state index contributed by atoms with van der Waals surface area (Å²) in [5, 5.41) is 6.80. The van der Waals surface area contributed by atoms with Crippen molar-refractivity contribution in [3.63, 3.8) is 0 Å². The van der Waals surface area contributed by atoms with Gasteiger partial charge in [-0.1, -0.05) is 32.0 Å². The van der Waals surface area contributed by atoms with Gasteiger partial charge in [0.2, 0.25) is 5.95 Å². The highest BCUT2D eigenvalue weighted by Gasteiger charge is 2.22. The van der Waals surface area contributed by atoms with Crippen molar-refractivity contribution in [1.29, 1.82) is 0 Å². The Bertz CT molecular complexity index is 632. The van der Waals surface area contributed by atoms with E-state index in [-0.39, 0.29) is 0 Å². The minimum Gasteiger partial charge on any atom is -0.351 e. The summed E-state index contributed by atoms with van der Waals surface area (Å²) in [5.41, 5.74) is 3.38. The summed E-state index contributed by atoms with van der Waals surface area (Å²) < 4.78 is 0. The predicted octanol–water partition coefficient (Wildman–Crippen LogP) is 4.23. The normalized spacial score (nSPS) is 14.3. The lowest BCUT2D eigenvalue weighted by Gasteiger charge is -2.15. The number of para-hydroxylation sites is 1. The molecule has 4 nitrogen and oxygen atoms in total. The van der Waals surface area contributed by atoms with Gasteiger partial charge in [-0.3, -0.25) is 0 Å². The van der Waals surface area contributed by atoms with Crippen molar-refractivity contribution >= 4 is 17.5 Å². The fourth-order valence-electron chi connectivity index (χ4n) is 2.36. The van der Waals surface area contributed by atoms with Gasteiger partial charge in [-0.2, -0.15) is 4.98 Å². The molecule has 0 atom stereocenters. The van der Waals surface area contributed by atoms with Gasteiger partial charge >= 0.3 is 0 Å². The molecular weight excluding hydrogens is 260 g/mol. The van der Waals surface area contributed by atoms with Gasteiger partial charge in [0, 0.05) is 23.5 Å². The lowest BCUT2D eigenvalue weighted by atomic mass is 10.0. The Morgan fingerprint density at radius 1 is 1.14 bits per heavy atom. The molecule has 1 aromatic heterocycles. The van der Waals surface area contributed by atoms with Crippen LogP contribution < -0.4 is 10.6 Å². The predicted molar refractivity (Wildman–Crippen MR) is 87.2 cm³/mol. The zero-order valence-corrected chi connectivity index (χ0v) is 12.9. The van der Waals surface area contributed by atoms with Crippen LogP contribution >= 0.6 is 0 Å². The molecule has 21 heavy (non-hydrogen) atoms. The lowest BCUT2D eigenvalue weighted by Crippen LogP contribution is -2.08. The fraction of sp³-hybridized carbons (Fsp3) is 0.412. The van der Waals surface area contributed by atoms with E-state index in [1.54, 1.807) is 0 Å². The molecule has 0 unspecified atom stereocenters. The molecule has 4 heteroatoms. The van der Waals surface area contributed by atoms with Crippen molar-refractivity contribution in [1.82, 2.24) is 9.97 Å². The van der Waals surface area contributed by atoms with Crippen LogP contribution in [0.1, 0.15) is 43.9 Å². The van der Waals surface area contributed by atoms with Gasteiger partial charge in [-0.05, 0) is 37.3 Å². The van der Waals surface area contributed by atoms with Crippen LogP contribution in [0.2, 0.25) is 0 Å². The molecule has 1 aliphatic rings. The van der Waals surface area contributed by atoms with Crippen LogP contribution in [0.15, 0.2) is 30.3 Å². The first-order chi connectivity index (χ1) is 10.1. The largest absolute Gasteiger partial charge is 0.351 e. The number of aryl methyl sites for hydroxylation is 1. The Labute approximate surface area is 126 Å². The summed E-state index contributed by atoms with van der Waals surface area (Å²) >= 11 is 0. The van der Waals surface area contributed by atoms with Crippen molar-refractivity contribution in [3.8, 4) is 0 Å². The molecule has 0 spiro atoms. The third-order valence-corrected chi connectivity index (χ3v) is 3.61. The smallest absolute Gasteiger partial charge is 0.225 e. The second-order valence-electron chi connectivity index (χ2n) is 6.00. The molecule has 0 amide bonds. The number of hydrogen-bond acceptors (Lipinski definition) is 4. The average Bonchev–Trinajstić information content (AvgIpc) is 3.22. The van der Waals surface area contributed by atoms with Crippen LogP contribution in [0.25, 0.3) is 0 Å². The molecule has 0 radical (unpaired) electrons. The summed E-state index contributed by atoms with van der Waals surface area (Å²) in [6, 6.07) is 10.9. The van der Waals surface area contributed by atoms with E-state index < -0.39 is 0 Å². The summed E-state index contributed by atoms with van der Waals surface area (Å²) in [5.74, 6) is 2.04. The van der Waals surface area contributed by atoms with Gasteiger partial charge in [0.15, 0.2) is 0 Å². The van der Waals surface area contributed by atoms with E-state index in [9.17, 15) is 0 Å². The second-order valence-corrected chi connectivity index (χ2v) is 6.00.